The van der Waals surface area contributed by atoms with Crippen molar-refractivity contribution in [3.05, 3.63) is 10.7 Å². The average molecular weight is 224 g/mol. The zero-order chi connectivity index (χ0) is 11.0. The highest BCUT2D eigenvalue weighted by Crippen LogP contribution is 2.27. The molecule has 0 aliphatic carbocycles. The van der Waals surface area contributed by atoms with Crippen LogP contribution in [0.2, 0.25) is 0 Å². The first-order chi connectivity index (χ1) is 7.11. The van der Waals surface area contributed by atoms with Gasteiger partial charge in [0, 0.05) is 13.6 Å². The predicted octanol–water partition coefficient (Wildman–Crippen LogP) is 0.288. The summed E-state index contributed by atoms with van der Waals surface area (Å²) < 4.78 is 1.54. The third-order valence-corrected chi connectivity index (χ3v) is 3.19. The summed E-state index contributed by atoms with van der Waals surface area (Å²) >= 11 is 1.50. The Labute approximate surface area is 90.9 Å². The van der Waals surface area contributed by atoms with Crippen molar-refractivity contribution in [2.75, 3.05) is 5.73 Å². The lowest BCUT2D eigenvalue weighted by atomic mass is 10.4. The van der Waals surface area contributed by atoms with E-state index >= 15 is 0 Å². The van der Waals surface area contributed by atoms with Crippen molar-refractivity contribution in [3.8, 4) is 10.7 Å². The van der Waals surface area contributed by atoms with Gasteiger partial charge in [0.15, 0.2) is 5.82 Å². The van der Waals surface area contributed by atoms with Gasteiger partial charge in [-0.05, 0) is 6.92 Å². The van der Waals surface area contributed by atoms with Crippen LogP contribution in [0.1, 0.15) is 10.7 Å². The number of nitrogen functional groups attached to an aromatic ring is 1. The Bertz CT molecular complexity index is 466. The summed E-state index contributed by atoms with van der Waals surface area (Å²) in [6, 6.07) is 0. The summed E-state index contributed by atoms with van der Waals surface area (Å²) in [5, 5.41) is 5.08. The van der Waals surface area contributed by atoms with Crippen LogP contribution in [0.15, 0.2) is 0 Å². The normalized spacial score (nSPS) is 10.9. The largest absolute Gasteiger partial charge is 0.368 e. The number of aryl methyl sites for hydroxylation is 2. The van der Waals surface area contributed by atoms with E-state index in [9.17, 15) is 0 Å². The summed E-state index contributed by atoms with van der Waals surface area (Å²) in [5.74, 6) is 1.01. The number of aromatic nitrogens is 4. The molecule has 0 aromatic carbocycles. The van der Waals surface area contributed by atoms with Gasteiger partial charge in [0.1, 0.15) is 5.01 Å². The summed E-state index contributed by atoms with van der Waals surface area (Å²) in [6.45, 7) is 2.35. The molecule has 4 N–H and O–H groups in total. The number of hydrogen-bond acceptors (Lipinski definition) is 6. The van der Waals surface area contributed by atoms with Crippen LogP contribution in [0.3, 0.4) is 0 Å². The maximum absolute atomic E-state index is 5.62. The van der Waals surface area contributed by atoms with Crippen molar-refractivity contribution < 1.29 is 0 Å². The highest BCUT2D eigenvalue weighted by Gasteiger charge is 2.14. The lowest BCUT2D eigenvalue weighted by molar-refractivity contribution is 0.781. The van der Waals surface area contributed by atoms with Gasteiger partial charge in [-0.3, -0.25) is 0 Å². The molecular formula is C8H12N6S. The minimum Gasteiger partial charge on any atom is -0.368 e. The lowest BCUT2D eigenvalue weighted by Gasteiger charge is -1.88. The molecule has 15 heavy (non-hydrogen) atoms. The van der Waals surface area contributed by atoms with Crippen molar-refractivity contribution in [1.29, 1.82) is 0 Å². The zero-order valence-corrected chi connectivity index (χ0v) is 9.38. The second kappa shape index (κ2) is 3.59. The van der Waals surface area contributed by atoms with Crippen molar-refractivity contribution in [2.45, 2.75) is 13.5 Å². The van der Waals surface area contributed by atoms with Gasteiger partial charge in [-0.1, -0.05) is 0 Å². The zero-order valence-electron chi connectivity index (χ0n) is 8.56. The van der Waals surface area contributed by atoms with Crippen LogP contribution in [0, 0.1) is 6.92 Å². The van der Waals surface area contributed by atoms with Gasteiger partial charge in [-0.25, -0.2) is 9.67 Å². The summed E-state index contributed by atoms with van der Waals surface area (Å²) in [4.78, 5) is 9.39. The SMILES string of the molecule is Cc1nc(CN)sc1-c1nc(N)n(C)n1. The van der Waals surface area contributed by atoms with E-state index in [0.29, 0.717) is 18.3 Å². The highest BCUT2D eigenvalue weighted by atomic mass is 32.1. The van der Waals surface area contributed by atoms with Crippen LogP contribution in [-0.2, 0) is 13.6 Å². The molecule has 0 saturated heterocycles. The van der Waals surface area contributed by atoms with Crippen molar-refractivity contribution in [2.24, 2.45) is 12.8 Å². The maximum Gasteiger partial charge on any atom is 0.218 e. The first-order valence-electron chi connectivity index (χ1n) is 4.45. The number of nitrogens with two attached hydrogens (primary N) is 2. The molecule has 7 heteroatoms. The third-order valence-electron chi connectivity index (χ3n) is 2.02. The van der Waals surface area contributed by atoms with E-state index in [4.69, 9.17) is 11.5 Å². The van der Waals surface area contributed by atoms with Crippen LogP contribution >= 0.6 is 11.3 Å². The number of thiazole rings is 1. The average Bonchev–Trinajstić information content (AvgIpc) is 2.71. The van der Waals surface area contributed by atoms with Crippen LogP contribution in [0.4, 0.5) is 5.95 Å². The number of rotatable bonds is 2. The number of nitrogens with zero attached hydrogens (tertiary/aromatic N) is 4. The number of hydrogen-bond donors (Lipinski definition) is 2. The molecule has 2 heterocycles. The summed E-state index contributed by atoms with van der Waals surface area (Å²) in [5.41, 5.74) is 12.0. The second-order valence-corrected chi connectivity index (χ2v) is 4.23. The quantitative estimate of drug-likeness (QED) is 0.764. The van der Waals surface area contributed by atoms with Gasteiger partial charge >= 0.3 is 0 Å². The van der Waals surface area contributed by atoms with Crippen LogP contribution in [-0.4, -0.2) is 19.7 Å². The molecule has 2 rings (SSSR count). The van der Waals surface area contributed by atoms with E-state index in [1.54, 1.807) is 7.05 Å². The molecule has 0 unspecified atom stereocenters. The molecule has 0 radical (unpaired) electrons. The molecule has 0 saturated carbocycles. The minimum atomic E-state index is 0.395. The topological polar surface area (TPSA) is 95.6 Å². The van der Waals surface area contributed by atoms with Crippen molar-refractivity contribution in [1.82, 2.24) is 19.7 Å². The molecule has 6 nitrogen and oxygen atoms in total. The van der Waals surface area contributed by atoms with E-state index < -0.39 is 0 Å². The lowest BCUT2D eigenvalue weighted by Crippen LogP contribution is -1.97. The van der Waals surface area contributed by atoms with E-state index in [-0.39, 0.29) is 0 Å². The molecule has 0 bridgehead atoms. The molecule has 0 aliphatic rings. The molecule has 0 atom stereocenters. The smallest absolute Gasteiger partial charge is 0.218 e. The van der Waals surface area contributed by atoms with E-state index in [1.165, 1.54) is 16.0 Å². The molecule has 2 aromatic rings. The minimum absolute atomic E-state index is 0.395. The Hall–Kier alpha value is -1.47. The molecule has 0 amide bonds. The van der Waals surface area contributed by atoms with Gasteiger partial charge < -0.3 is 11.5 Å². The Kier molecular flexibility index (Phi) is 2.41. The first-order valence-corrected chi connectivity index (χ1v) is 5.26. The standard InChI is InChI=1S/C8H12N6S/c1-4-6(15-5(3-9)11-4)7-12-8(10)14(2)13-7/h3,9H2,1-2H3,(H2,10,12,13). The second-order valence-electron chi connectivity index (χ2n) is 3.14. The van der Waals surface area contributed by atoms with E-state index in [0.717, 1.165) is 15.6 Å². The molecule has 80 valence electrons. The molecule has 0 fully saturated rings. The van der Waals surface area contributed by atoms with Crippen molar-refractivity contribution >= 4 is 17.3 Å². The van der Waals surface area contributed by atoms with Gasteiger partial charge in [0.05, 0.1) is 10.6 Å². The number of anilines is 1. The summed E-state index contributed by atoms with van der Waals surface area (Å²) in [7, 11) is 1.76. The molecule has 0 aliphatic heterocycles. The first kappa shape index (κ1) is 10.1. The summed E-state index contributed by atoms with van der Waals surface area (Å²) in [6.07, 6.45) is 0. The van der Waals surface area contributed by atoms with E-state index in [1.807, 2.05) is 6.92 Å². The van der Waals surface area contributed by atoms with Gasteiger partial charge in [-0.15, -0.1) is 16.4 Å². The fourth-order valence-corrected chi connectivity index (χ4v) is 2.11. The fraction of sp³-hybridized carbons (Fsp3) is 0.375. The van der Waals surface area contributed by atoms with E-state index in [2.05, 4.69) is 15.1 Å². The van der Waals surface area contributed by atoms with Crippen molar-refractivity contribution in [3.63, 3.8) is 0 Å². The highest BCUT2D eigenvalue weighted by molar-refractivity contribution is 7.15. The molecule has 0 spiro atoms. The Morgan fingerprint density at radius 1 is 1.40 bits per heavy atom. The van der Waals surface area contributed by atoms with Crippen LogP contribution < -0.4 is 11.5 Å². The fourth-order valence-electron chi connectivity index (χ4n) is 1.24. The predicted molar refractivity (Wildman–Crippen MR) is 59.2 cm³/mol. The van der Waals surface area contributed by atoms with Gasteiger partial charge in [0.2, 0.25) is 5.95 Å². The molecular weight excluding hydrogens is 212 g/mol. The maximum atomic E-state index is 5.62. The van der Waals surface area contributed by atoms with Gasteiger partial charge in [0.25, 0.3) is 0 Å². The van der Waals surface area contributed by atoms with Crippen LogP contribution in [0.25, 0.3) is 10.7 Å². The van der Waals surface area contributed by atoms with Gasteiger partial charge in [-0.2, -0.15) is 4.98 Å². The third kappa shape index (κ3) is 1.71. The Morgan fingerprint density at radius 2 is 2.13 bits per heavy atom. The Morgan fingerprint density at radius 3 is 2.60 bits per heavy atom. The van der Waals surface area contributed by atoms with Crippen LogP contribution in [0.5, 0.6) is 0 Å². The molecule has 2 aromatic heterocycles. The monoisotopic (exact) mass is 224 g/mol. The Balaban J connectivity index is 2.48.